The number of hydrogen-bond donors (Lipinski definition) is 2. The van der Waals surface area contributed by atoms with E-state index in [1.165, 1.54) is 12.8 Å². The lowest BCUT2D eigenvalue weighted by Crippen LogP contribution is -2.19. The fourth-order valence-corrected chi connectivity index (χ4v) is 4.41. The first-order chi connectivity index (χ1) is 15.9. The van der Waals surface area contributed by atoms with Crippen LogP contribution in [0.3, 0.4) is 0 Å². The molecule has 3 N–H and O–H groups in total. The van der Waals surface area contributed by atoms with Gasteiger partial charge in [-0.15, -0.1) is 0 Å². The number of aryl methyl sites for hydroxylation is 2. The van der Waals surface area contributed by atoms with Crippen molar-refractivity contribution in [2.75, 3.05) is 11.1 Å². The summed E-state index contributed by atoms with van der Waals surface area (Å²) in [5.41, 5.74) is 11.5. The molecule has 1 fully saturated rings. The fourth-order valence-electron chi connectivity index (χ4n) is 4.41. The Labute approximate surface area is 191 Å². The van der Waals surface area contributed by atoms with E-state index in [2.05, 4.69) is 22.3 Å². The smallest absolute Gasteiger partial charge is 0.252 e. The predicted octanol–water partition coefficient (Wildman–Crippen LogP) is 3.38. The number of aromatic nitrogens is 6. The van der Waals surface area contributed by atoms with Crippen LogP contribution in [0.2, 0.25) is 0 Å². The van der Waals surface area contributed by atoms with Crippen molar-refractivity contribution in [3.8, 4) is 16.8 Å². The molecular formula is C24H28N8O. The van der Waals surface area contributed by atoms with Gasteiger partial charge >= 0.3 is 0 Å². The Morgan fingerprint density at radius 3 is 2.67 bits per heavy atom. The molecule has 0 atom stereocenters. The number of nitrogens with zero attached hydrogens (tertiary/aromatic N) is 6. The molecule has 0 aliphatic heterocycles. The molecule has 9 nitrogen and oxygen atoms in total. The van der Waals surface area contributed by atoms with Gasteiger partial charge in [0.1, 0.15) is 16.9 Å². The molecule has 0 amide bonds. The van der Waals surface area contributed by atoms with E-state index in [9.17, 15) is 4.79 Å². The highest BCUT2D eigenvalue weighted by atomic mass is 16.1. The topological polar surface area (TPSA) is 117 Å². The third-order valence-electron chi connectivity index (χ3n) is 6.48. The van der Waals surface area contributed by atoms with Crippen molar-refractivity contribution in [3.63, 3.8) is 0 Å². The van der Waals surface area contributed by atoms with Gasteiger partial charge in [0.15, 0.2) is 5.82 Å². The number of anilines is 2. The zero-order chi connectivity index (χ0) is 23.1. The molecule has 5 rings (SSSR count). The summed E-state index contributed by atoms with van der Waals surface area (Å²) in [5.74, 6) is 1.18. The standard InChI is InChI=1S/C24H28N8O/c1-4-19-24(28-16-7-5-6-8-16)30-21-18(12-26-23(25)22(21)29-19)15-11-27-32(13-15)17-9-14(2)31(3)20(33)10-17/h9-13,16H,4-8H2,1-3H3,(H2,25,26)(H,28,30). The quantitative estimate of drug-likeness (QED) is 0.485. The molecule has 1 saturated carbocycles. The van der Waals surface area contributed by atoms with Gasteiger partial charge in [0, 0.05) is 48.4 Å². The average Bonchev–Trinajstić information content (AvgIpc) is 3.50. The van der Waals surface area contributed by atoms with E-state index in [0.29, 0.717) is 28.6 Å². The van der Waals surface area contributed by atoms with Crippen molar-refractivity contribution in [1.29, 1.82) is 0 Å². The van der Waals surface area contributed by atoms with Crippen LogP contribution in [-0.2, 0) is 13.5 Å². The number of fused-ring (bicyclic) bond motifs is 1. The van der Waals surface area contributed by atoms with Crippen LogP contribution in [0.4, 0.5) is 11.6 Å². The fraction of sp³-hybridized carbons (Fsp3) is 0.375. The zero-order valence-electron chi connectivity index (χ0n) is 19.2. The Morgan fingerprint density at radius 1 is 1.15 bits per heavy atom. The summed E-state index contributed by atoms with van der Waals surface area (Å²) in [4.78, 5) is 26.4. The molecule has 4 aromatic heterocycles. The van der Waals surface area contributed by atoms with Crippen molar-refractivity contribution in [2.24, 2.45) is 7.05 Å². The second kappa shape index (κ2) is 8.31. The molecule has 0 radical (unpaired) electrons. The van der Waals surface area contributed by atoms with E-state index in [4.69, 9.17) is 15.7 Å². The first-order valence-electron chi connectivity index (χ1n) is 11.4. The van der Waals surface area contributed by atoms with E-state index >= 15 is 0 Å². The molecule has 4 aromatic rings. The Bertz CT molecular complexity index is 1400. The van der Waals surface area contributed by atoms with E-state index in [0.717, 1.165) is 47.6 Å². The summed E-state index contributed by atoms with van der Waals surface area (Å²) >= 11 is 0. The van der Waals surface area contributed by atoms with Crippen LogP contribution < -0.4 is 16.6 Å². The minimum atomic E-state index is -0.0813. The Hall–Kier alpha value is -3.75. The molecule has 0 spiro atoms. The molecule has 33 heavy (non-hydrogen) atoms. The van der Waals surface area contributed by atoms with Gasteiger partial charge in [-0.2, -0.15) is 5.10 Å². The molecule has 9 heteroatoms. The molecule has 1 aliphatic rings. The lowest BCUT2D eigenvalue weighted by atomic mass is 10.1. The summed E-state index contributed by atoms with van der Waals surface area (Å²) in [6.45, 7) is 3.96. The van der Waals surface area contributed by atoms with Gasteiger partial charge in [-0.1, -0.05) is 19.8 Å². The highest BCUT2D eigenvalue weighted by molar-refractivity contribution is 5.96. The van der Waals surface area contributed by atoms with Crippen molar-refractivity contribution in [3.05, 3.63) is 52.5 Å². The summed E-state index contributed by atoms with van der Waals surface area (Å²) in [7, 11) is 1.75. The van der Waals surface area contributed by atoms with E-state index in [1.54, 1.807) is 34.8 Å². The maximum absolute atomic E-state index is 12.2. The number of hydrogen-bond acceptors (Lipinski definition) is 7. The van der Waals surface area contributed by atoms with Crippen molar-refractivity contribution in [2.45, 2.75) is 52.0 Å². The number of rotatable bonds is 5. The van der Waals surface area contributed by atoms with Crippen LogP contribution in [0, 0.1) is 6.92 Å². The van der Waals surface area contributed by atoms with Crippen molar-refractivity contribution >= 4 is 22.7 Å². The number of pyridine rings is 2. The van der Waals surface area contributed by atoms with Gasteiger partial charge in [-0.3, -0.25) is 4.79 Å². The molecule has 0 aromatic carbocycles. The van der Waals surface area contributed by atoms with Crippen LogP contribution in [-0.4, -0.2) is 35.3 Å². The van der Waals surface area contributed by atoms with Gasteiger partial charge < -0.3 is 15.6 Å². The number of nitrogens with one attached hydrogen (secondary N) is 1. The number of nitrogens with two attached hydrogens (primary N) is 1. The van der Waals surface area contributed by atoms with Crippen molar-refractivity contribution in [1.82, 2.24) is 29.3 Å². The van der Waals surface area contributed by atoms with Gasteiger partial charge in [-0.05, 0) is 32.3 Å². The molecular weight excluding hydrogens is 416 g/mol. The minimum absolute atomic E-state index is 0.0813. The van der Waals surface area contributed by atoms with Gasteiger partial charge in [0.2, 0.25) is 0 Å². The predicted molar refractivity (Wildman–Crippen MR) is 130 cm³/mol. The SMILES string of the molecule is CCc1nc2c(N)ncc(-c3cnn(-c4cc(C)n(C)c(=O)c4)c3)c2nc1NC1CCCC1. The summed E-state index contributed by atoms with van der Waals surface area (Å²) in [5, 5.41) is 8.10. The van der Waals surface area contributed by atoms with E-state index in [-0.39, 0.29) is 5.56 Å². The molecule has 170 valence electrons. The Morgan fingerprint density at radius 2 is 1.94 bits per heavy atom. The summed E-state index contributed by atoms with van der Waals surface area (Å²) in [6.07, 6.45) is 10.9. The van der Waals surface area contributed by atoms with Gasteiger partial charge in [-0.25, -0.2) is 19.6 Å². The molecule has 1 aliphatic carbocycles. The third-order valence-corrected chi connectivity index (χ3v) is 6.48. The van der Waals surface area contributed by atoms with E-state index < -0.39 is 0 Å². The second-order valence-electron chi connectivity index (χ2n) is 8.68. The zero-order valence-corrected chi connectivity index (χ0v) is 19.2. The van der Waals surface area contributed by atoms with E-state index in [1.807, 2.05) is 19.2 Å². The van der Waals surface area contributed by atoms with Crippen LogP contribution in [0.25, 0.3) is 27.8 Å². The average molecular weight is 445 g/mol. The lowest BCUT2D eigenvalue weighted by molar-refractivity contribution is 0.747. The second-order valence-corrected chi connectivity index (χ2v) is 8.68. The molecule has 0 saturated heterocycles. The first kappa shape index (κ1) is 21.1. The van der Waals surface area contributed by atoms with Crippen LogP contribution in [0.5, 0.6) is 0 Å². The Kier molecular flexibility index (Phi) is 5.32. The van der Waals surface area contributed by atoms with Crippen molar-refractivity contribution < 1.29 is 0 Å². The number of nitrogen functional groups attached to an aromatic ring is 1. The normalized spacial score (nSPS) is 14.3. The van der Waals surface area contributed by atoms with Crippen LogP contribution in [0.1, 0.15) is 44.0 Å². The highest BCUT2D eigenvalue weighted by Crippen LogP contribution is 2.32. The maximum Gasteiger partial charge on any atom is 0.252 e. The third kappa shape index (κ3) is 3.83. The van der Waals surface area contributed by atoms with Gasteiger partial charge in [0.05, 0.1) is 17.6 Å². The lowest BCUT2D eigenvalue weighted by Gasteiger charge is -2.17. The largest absolute Gasteiger partial charge is 0.382 e. The highest BCUT2D eigenvalue weighted by Gasteiger charge is 2.20. The minimum Gasteiger partial charge on any atom is -0.382 e. The summed E-state index contributed by atoms with van der Waals surface area (Å²) in [6, 6.07) is 3.92. The van der Waals surface area contributed by atoms with Crippen LogP contribution in [0.15, 0.2) is 35.5 Å². The molecule has 4 heterocycles. The maximum atomic E-state index is 12.2. The molecule has 0 unspecified atom stereocenters. The summed E-state index contributed by atoms with van der Waals surface area (Å²) < 4.78 is 3.29. The first-order valence-corrected chi connectivity index (χ1v) is 11.4. The monoisotopic (exact) mass is 444 g/mol. The van der Waals surface area contributed by atoms with Gasteiger partial charge in [0.25, 0.3) is 5.56 Å². The molecule has 0 bridgehead atoms. The Balaban J connectivity index is 1.61. The van der Waals surface area contributed by atoms with Crippen LogP contribution >= 0.6 is 0 Å².